The SMILES string of the molecule is CCS(=O)(=O)c1ccc(-n2cc(-c3ncncc3OCC3CCC(N)CC3)cn2)cc1. The highest BCUT2D eigenvalue weighted by atomic mass is 32.2. The van der Waals surface area contributed by atoms with Crippen molar-refractivity contribution in [2.24, 2.45) is 11.7 Å². The van der Waals surface area contributed by atoms with Gasteiger partial charge >= 0.3 is 0 Å². The number of nitrogens with two attached hydrogens (primary N) is 1. The largest absolute Gasteiger partial charge is 0.489 e. The van der Waals surface area contributed by atoms with Gasteiger partial charge in [0, 0.05) is 17.8 Å². The summed E-state index contributed by atoms with van der Waals surface area (Å²) in [5.41, 5.74) is 8.23. The molecule has 2 N–H and O–H groups in total. The van der Waals surface area contributed by atoms with Gasteiger partial charge in [-0.3, -0.25) is 0 Å². The first-order valence-corrected chi connectivity index (χ1v) is 12.2. The number of benzene rings is 1. The van der Waals surface area contributed by atoms with Crippen LogP contribution in [0.15, 0.2) is 54.1 Å². The summed E-state index contributed by atoms with van der Waals surface area (Å²) >= 11 is 0. The first kappa shape index (κ1) is 21.5. The summed E-state index contributed by atoms with van der Waals surface area (Å²) in [5.74, 6) is 1.19. The first-order chi connectivity index (χ1) is 15.0. The molecule has 0 radical (unpaired) electrons. The maximum Gasteiger partial charge on any atom is 0.178 e. The van der Waals surface area contributed by atoms with Crippen LogP contribution in [0.1, 0.15) is 32.6 Å². The minimum atomic E-state index is -3.23. The topological polar surface area (TPSA) is 113 Å². The molecule has 4 rings (SSSR count). The molecule has 0 saturated heterocycles. The summed E-state index contributed by atoms with van der Waals surface area (Å²) in [6, 6.07) is 7.00. The van der Waals surface area contributed by atoms with E-state index in [4.69, 9.17) is 10.5 Å². The lowest BCUT2D eigenvalue weighted by Gasteiger charge is -2.26. The fourth-order valence-electron chi connectivity index (χ4n) is 3.76. The number of rotatable bonds is 7. The van der Waals surface area contributed by atoms with Crippen LogP contribution in [0.5, 0.6) is 5.75 Å². The van der Waals surface area contributed by atoms with Gasteiger partial charge in [0.25, 0.3) is 0 Å². The lowest BCUT2D eigenvalue weighted by molar-refractivity contribution is 0.200. The summed E-state index contributed by atoms with van der Waals surface area (Å²) in [6.07, 6.45) is 11.0. The average Bonchev–Trinajstić information content (AvgIpc) is 3.29. The first-order valence-electron chi connectivity index (χ1n) is 10.5. The van der Waals surface area contributed by atoms with Crippen molar-refractivity contribution in [2.75, 3.05) is 12.4 Å². The molecule has 1 aliphatic carbocycles. The van der Waals surface area contributed by atoms with E-state index in [0.29, 0.717) is 34.9 Å². The third-order valence-corrected chi connectivity index (χ3v) is 7.49. The zero-order chi connectivity index (χ0) is 21.8. The molecule has 3 aromatic rings. The van der Waals surface area contributed by atoms with Crippen LogP contribution in [0.4, 0.5) is 0 Å². The maximum atomic E-state index is 12.0. The molecule has 1 aliphatic rings. The minimum Gasteiger partial charge on any atom is -0.489 e. The third-order valence-electron chi connectivity index (χ3n) is 5.74. The number of hydrogen-bond acceptors (Lipinski definition) is 7. The smallest absolute Gasteiger partial charge is 0.178 e. The Hall–Kier alpha value is -2.78. The molecule has 31 heavy (non-hydrogen) atoms. The van der Waals surface area contributed by atoms with Crippen molar-refractivity contribution in [1.82, 2.24) is 19.7 Å². The van der Waals surface area contributed by atoms with Crippen molar-refractivity contribution in [2.45, 2.75) is 43.5 Å². The maximum absolute atomic E-state index is 12.0. The quantitative estimate of drug-likeness (QED) is 0.599. The van der Waals surface area contributed by atoms with E-state index in [1.54, 1.807) is 48.3 Å². The van der Waals surface area contributed by atoms with Gasteiger partial charge in [-0.15, -0.1) is 0 Å². The van der Waals surface area contributed by atoms with E-state index in [9.17, 15) is 8.42 Å². The molecule has 1 aromatic carbocycles. The van der Waals surface area contributed by atoms with E-state index in [1.807, 2.05) is 6.20 Å². The Morgan fingerprint density at radius 1 is 1.13 bits per heavy atom. The van der Waals surface area contributed by atoms with Crippen LogP contribution in [-0.4, -0.2) is 46.6 Å². The molecule has 9 heteroatoms. The van der Waals surface area contributed by atoms with Gasteiger partial charge in [0.1, 0.15) is 12.0 Å². The molecule has 0 bridgehead atoms. The fourth-order valence-corrected chi connectivity index (χ4v) is 4.65. The van der Waals surface area contributed by atoms with Gasteiger partial charge in [-0.2, -0.15) is 5.10 Å². The molecule has 0 unspecified atom stereocenters. The molecule has 2 aromatic heterocycles. The third kappa shape index (κ3) is 4.94. The number of ether oxygens (including phenoxy) is 1. The Bertz CT molecular complexity index is 1120. The lowest BCUT2D eigenvalue weighted by Crippen LogP contribution is -2.28. The molecule has 0 atom stereocenters. The van der Waals surface area contributed by atoms with Gasteiger partial charge in [0.05, 0.1) is 35.3 Å². The van der Waals surface area contributed by atoms with E-state index >= 15 is 0 Å². The van der Waals surface area contributed by atoms with Crippen LogP contribution >= 0.6 is 0 Å². The summed E-state index contributed by atoms with van der Waals surface area (Å²) in [5, 5.41) is 4.41. The normalized spacial score (nSPS) is 19.3. The fraction of sp³-hybridized carbons (Fsp3) is 0.409. The summed E-state index contributed by atoms with van der Waals surface area (Å²) < 4.78 is 31.8. The molecule has 1 saturated carbocycles. The Balaban J connectivity index is 1.50. The predicted molar refractivity (Wildman–Crippen MR) is 118 cm³/mol. The zero-order valence-corrected chi connectivity index (χ0v) is 18.3. The zero-order valence-electron chi connectivity index (χ0n) is 17.5. The molecule has 0 spiro atoms. The van der Waals surface area contributed by atoms with Gasteiger partial charge < -0.3 is 10.5 Å². The van der Waals surface area contributed by atoms with Crippen molar-refractivity contribution in [3.8, 4) is 22.7 Å². The van der Waals surface area contributed by atoms with E-state index in [0.717, 1.165) is 36.9 Å². The van der Waals surface area contributed by atoms with Crippen LogP contribution < -0.4 is 10.5 Å². The van der Waals surface area contributed by atoms with Gasteiger partial charge in [-0.1, -0.05) is 6.92 Å². The van der Waals surface area contributed by atoms with Crippen molar-refractivity contribution in [3.05, 3.63) is 49.2 Å². The standard InChI is InChI=1S/C22H27N5O3S/c1-2-31(28,29)20-9-7-19(8-10-20)27-13-17(11-26-27)22-21(12-24-15-25-22)30-14-16-3-5-18(23)6-4-16/h7-13,15-16,18H,2-6,14,23H2,1H3. The number of hydrogen-bond donors (Lipinski definition) is 1. The monoisotopic (exact) mass is 441 g/mol. The van der Waals surface area contributed by atoms with Crippen molar-refractivity contribution in [3.63, 3.8) is 0 Å². The molecular weight excluding hydrogens is 414 g/mol. The van der Waals surface area contributed by atoms with Crippen LogP contribution in [0.25, 0.3) is 16.9 Å². The summed E-state index contributed by atoms with van der Waals surface area (Å²) in [4.78, 5) is 8.82. The number of sulfone groups is 1. The molecule has 0 aliphatic heterocycles. The second-order valence-electron chi connectivity index (χ2n) is 7.90. The average molecular weight is 442 g/mol. The van der Waals surface area contributed by atoms with Crippen LogP contribution in [0, 0.1) is 5.92 Å². The van der Waals surface area contributed by atoms with Gasteiger partial charge in [-0.25, -0.2) is 23.1 Å². The summed E-state index contributed by atoms with van der Waals surface area (Å²) in [6.45, 7) is 2.25. The highest BCUT2D eigenvalue weighted by molar-refractivity contribution is 7.91. The molecule has 0 amide bonds. The second kappa shape index (κ2) is 9.15. The van der Waals surface area contributed by atoms with E-state index in [-0.39, 0.29) is 5.75 Å². The molecule has 8 nitrogen and oxygen atoms in total. The van der Waals surface area contributed by atoms with Crippen LogP contribution in [0.2, 0.25) is 0 Å². The second-order valence-corrected chi connectivity index (χ2v) is 10.2. The highest BCUT2D eigenvalue weighted by Gasteiger charge is 2.20. The van der Waals surface area contributed by atoms with Crippen molar-refractivity contribution < 1.29 is 13.2 Å². The Morgan fingerprint density at radius 3 is 2.58 bits per heavy atom. The van der Waals surface area contributed by atoms with Crippen LogP contribution in [-0.2, 0) is 9.84 Å². The van der Waals surface area contributed by atoms with Crippen molar-refractivity contribution >= 4 is 9.84 Å². The van der Waals surface area contributed by atoms with Gasteiger partial charge in [-0.05, 0) is 55.9 Å². The highest BCUT2D eigenvalue weighted by Crippen LogP contribution is 2.29. The molecule has 164 valence electrons. The Kier molecular flexibility index (Phi) is 6.33. The van der Waals surface area contributed by atoms with E-state index < -0.39 is 9.84 Å². The molecular formula is C22H27N5O3S. The molecule has 2 heterocycles. The minimum absolute atomic E-state index is 0.0718. The predicted octanol–water partition coefficient (Wildman–Crippen LogP) is 3.02. The summed E-state index contributed by atoms with van der Waals surface area (Å²) in [7, 11) is -3.23. The van der Waals surface area contributed by atoms with E-state index in [2.05, 4.69) is 15.1 Å². The number of aromatic nitrogens is 4. The van der Waals surface area contributed by atoms with Crippen LogP contribution in [0.3, 0.4) is 0 Å². The van der Waals surface area contributed by atoms with Gasteiger partial charge in [0.2, 0.25) is 0 Å². The lowest BCUT2D eigenvalue weighted by atomic mass is 9.87. The molecule has 1 fully saturated rings. The van der Waals surface area contributed by atoms with Gasteiger partial charge in [0.15, 0.2) is 15.6 Å². The number of nitrogens with zero attached hydrogens (tertiary/aromatic N) is 4. The Morgan fingerprint density at radius 2 is 1.87 bits per heavy atom. The van der Waals surface area contributed by atoms with Crippen molar-refractivity contribution in [1.29, 1.82) is 0 Å². The Labute approximate surface area is 182 Å². The van der Waals surface area contributed by atoms with E-state index in [1.165, 1.54) is 6.33 Å².